The predicted molar refractivity (Wildman–Crippen MR) is 117 cm³/mol. The highest BCUT2D eigenvalue weighted by Crippen LogP contribution is 2.33. The van der Waals surface area contributed by atoms with Gasteiger partial charge >= 0.3 is 0 Å². The molecule has 2 aromatic rings. The highest BCUT2D eigenvalue weighted by Gasteiger charge is 1.99. The average molecular weight is 385 g/mol. The lowest BCUT2D eigenvalue weighted by Gasteiger charge is -2.28. The number of thiophene rings is 1. The number of benzene rings is 1. The quantitative estimate of drug-likeness (QED) is 0.490. The molecule has 1 aromatic carbocycles. The monoisotopic (exact) mass is 384 g/mol. The van der Waals surface area contributed by atoms with E-state index in [9.17, 15) is 0 Å². The molecule has 0 fully saturated rings. The van der Waals surface area contributed by atoms with E-state index < -0.39 is 0 Å². The number of rotatable bonds is 10. The number of nitrogens with two attached hydrogens (primary N) is 2. The number of nitrogens with zero attached hydrogens (tertiary/aromatic N) is 2. The molecule has 6 heteroatoms. The van der Waals surface area contributed by atoms with E-state index in [4.69, 9.17) is 11.5 Å². The molecule has 0 spiro atoms. The fraction of sp³-hybridized carbons (Fsp3) is 0.200. The van der Waals surface area contributed by atoms with Gasteiger partial charge in [-0.1, -0.05) is 56.1 Å². The third kappa shape index (κ3) is 6.20. The van der Waals surface area contributed by atoms with Crippen LogP contribution in [0.1, 0.15) is 23.8 Å². The van der Waals surface area contributed by atoms with Crippen LogP contribution >= 0.6 is 23.1 Å². The van der Waals surface area contributed by atoms with Gasteiger partial charge in [-0.15, -0.1) is 35.3 Å². The van der Waals surface area contributed by atoms with Crippen LogP contribution in [0, 0.1) is 0 Å². The van der Waals surface area contributed by atoms with Crippen molar-refractivity contribution in [2.45, 2.75) is 19.1 Å². The van der Waals surface area contributed by atoms with Gasteiger partial charge in [0.05, 0.1) is 0 Å². The van der Waals surface area contributed by atoms with Crippen molar-refractivity contribution in [2.75, 3.05) is 6.54 Å². The lowest BCUT2D eigenvalue weighted by Crippen LogP contribution is -1.98. The molecule has 0 saturated carbocycles. The van der Waals surface area contributed by atoms with Gasteiger partial charge in [0.25, 0.3) is 0 Å². The lowest BCUT2D eigenvalue weighted by atomic mass is 10.1. The Balaban J connectivity index is 1.99. The van der Waals surface area contributed by atoms with Gasteiger partial charge in [-0.3, -0.25) is 0 Å². The molecule has 1 aromatic heterocycles. The van der Waals surface area contributed by atoms with Gasteiger partial charge in [0.15, 0.2) is 0 Å². The van der Waals surface area contributed by atoms with E-state index in [1.165, 1.54) is 4.88 Å². The second-order valence-electron chi connectivity index (χ2n) is 5.46. The Morgan fingerprint density at radius 2 is 2.08 bits per heavy atom. The first kappa shape index (κ1) is 20.0. The fourth-order valence-corrected chi connectivity index (χ4v) is 3.81. The predicted octanol–water partition coefficient (Wildman–Crippen LogP) is 6.04. The first-order valence-electron chi connectivity index (χ1n) is 8.35. The van der Waals surface area contributed by atoms with Gasteiger partial charge in [-0.05, 0) is 28.8 Å². The third-order valence-electron chi connectivity index (χ3n) is 3.40. The zero-order valence-corrected chi connectivity index (χ0v) is 16.5. The molecule has 0 bridgehead atoms. The summed E-state index contributed by atoms with van der Waals surface area (Å²) in [6, 6.07) is 12.0. The summed E-state index contributed by atoms with van der Waals surface area (Å²) < 4.78 is 0. The molecule has 4 N–H and O–H groups in total. The molecule has 26 heavy (non-hydrogen) atoms. The first-order chi connectivity index (χ1) is 12.6. The molecule has 0 aliphatic heterocycles. The van der Waals surface area contributed by atoms with Crippen molar-refractivity contribution >= 4 is 34.5 Å². The normalized spacial score (nSPS) is 12.0. The second-order valence-corrected chi connectivity index (χ2v) is 7.54. The summed E-state index contributed by atoms with van der Waals surface area (Å²) in [4.78, 5) is 2.16. The van der Waals surface area contributed by atoms with Crippen molar-refractivity contribution in [3.63, 3.8) is 0 Å². The molecule has 0 amide bonds. The SMILES string of the molecule is C=C([N-]/C(N)=C/C(=C\N)SCc1cccs1)c1ccccc1[N-]CCC. The fourth-order valence-electron chi connectivity index (χ4n) is 2.17. The molecule has 0 aliphatic rings. The second kappa shape index (κ2) is 10.6. The Morgan fingerprint density at radius 3 is 2.77 bits per heavy atom. The van der Waals surface area contributed by atoms with E-state index in [1.807, 2.05) is 30.3 Å². The van der Waals surface area contributed by atoms with Crippen LogP contribution in [0.4, 0.5) is 5.69 Å². The van der Waals surface area contributed by atoms with Gasteiger partial charge in [0, 0.05) is 21.7 Å². The summed E-state index contributed by atoms with van der Waals surface area (Å²) in [5.74, 6) is 1.22. The summed E-state index contributed by atoms with van der Waals surface area (Å²) in [6.07, 6.45) is 4.31. The van der Waals surface area contributed by atoms with Crippen LogP contribution in [-0.2, 0) is 5.75 Å². The summed E-state index contributed by atoms with van der Waals surface area (Å²) >= 11 is 3.35. The van der Waals surface area contributed by atoms with Crippen LogP contribution in [0.25, 0.3) is 16.3 Å². The van der Waals surface area contributed by atoms with E-state index in [0.29, 0.717) is 11.5 Å². The summed E-state index contributed by atoms with van der Waals surface area (Å²) in [5.41, 5.74) is 14.2. The van der Waals surface area contributed by atoms with Crippen LogP contribution in [0.3, 0.4) is 0 Å². The van der Waals surface area contributed by atoms with Crippen molar-refractivity contribution in [2.24, 2.45) is 11.5 Å². The van der Waals surface area contributed by atoms with Crippen molar-refractivity contribution < 1.29 is 0 Å². The Kier molecular flexibility index (Phi) is 8.18. The molecule has 0 unspecified atom stereocenters. The zero-order chi connectivity index (χ0) is 18.8. The summed E-state index contributed by atoms with van der Waals surface area (Å²) in [5, 5.41) is 11.1. The number of allylic oxidation sites excluding steroid dienone is 1. The molecule has 2 rings (SSSR count). The van der Waals surface area contributed by atoms with E-state index in [1.54, 1.807) is 35.4 Å². The molecule has 138 valence electrons. The first-order valence-corrected chi connectivity index (χ1v) is 10.2. The van der Waals surface area contributed by atoms with Crippen LogP contribution in [0.2, 0.25) is 0 Å². The average Bonchev–Trinajstić information content (AvgIpc) is 3.17. The third-order valence-corrected chi connectivity index (χ3v) is 5.50. The number of hydrogen-bond donors (Lipinski definition) is 2. The molecule has 0 saturated heterocycles. The van der Waals surface area contributed by atoms with E-state index in [-0.39, 0.29) is 0 Å². The van der Waals surface area contributed by atoms with Crippen molar-refractivity contribution in [1.29, 1.82) is 0 Å². The number of para-hydroxylation sites is 1. The molecule has 4 nitrogen and oxygen atoms in total. The van der Waals surface area contributed by atoms with Crippen molar-refractivity contribution in [3.05, 3.63) is 92.4 Å². The molecule has 0 aliphatic carbocycles. The van der Waals surface area contributed by atoms with Gasteiger partial charge < -0.3 is 22.1 Å². The molecule has 0 atom stereocenters. The zero-order valence-electron chi connectivity index (χ0n) is 14.9. The Morgan fingerprint density at radius 1 is 1.27 bits per heavy atom. The molecule has 0 radical (unpaired) electrons. The maximum Gasteiger partial charge on any atom is 0.0326 e. The molecule has 1 heterocycles. The van der Waals surface area contributed by atoms with Crippen LogP contribution in [-0.4, -0.2) is 6.54 Å². The van der Waals surface area contributed by atoms with Crippen LogP contribution in [0.15, 0.2) is 71.4 Å². The maximum absolute atomic E-state index is 6.08. The van der Waals surface area contributed by atoms with Crippen molar-refractivity contribution in [3.8, 4) is 0 Å². The van der Waals surface area contributed by atoms with Gasteiger partial charge in [0.2, 0.25) is 0 Å². The topological polar surface area (TPSA) is 80.2 Å². The van der Waals surface area contributed by atoms with Crippen LogP contribution < -0.4 is 11.5 Å². The molecular weight excluding hydrogens is 360 g/mol. The van der Waals surface area contributed by atoms with E-state index in [0.717, 1.165) is 34.9 Å². The largest absolute Gasteiger partial charge is 0.684 e. The van der Waals surface area contributed by atoms with Crippen LogP contribution in [0.5, 0.6) is 0 Å². The number of thioether (sulfide) groups is 1. The van der Waals surface area contributed by atoms with E-state index >= 15 is 0 Å². The summed E-state index contributed by atoms with van der Waals surface area (Å²) in [7, 11) is 0. The van der Waals surface area contributed by atoms with Gasteiger partial charge in [-0.25, -0.2) is 0 Å². The highest BCUT2D eigenvalue weighted by molar-refractivity contribution is 8.02. The summed E-state index contributed by atoms with van der Waals surface area (Å²) in [6.45, 7) is 6.92. The Labute approximate surface area is 164 Å². The standard InChI is InChI=1S/C20H24N4S2/c1-3-10-23-19-9-5-4-8-18(19)15(2)24-20(22)12-17(13-21)26-14-16-7-6-11-25-16/h4-9,11-13H,2-3,10,14,21-22H2,1H3/q-2/b17-13+,20-12+. The highest BCUT2D eigenvalue weighted by atomic mass is 32.2. The van der Waals surface area contributed by atoms with E-state index in [2.05, 4.69) is 35.6 Å². The molecular formula is C20H24N4S2-2. The Hall–Kier alpha value is -2.31. The Bertz CT molecular complexity index is 764. The van der Waals surface area contributed by atoms with Gasteiger partial charge in [0.1, 0.15) is 0 Å². The minimum absolute atomic E-state index is 0.371. The minimum Gasteiger partial charge on any atom is -0.684 e. The van der Waals surface area contributed by atoms with Gasteiger partial charge in [-0.2, -0.15) is 0 Å². The lowest BCUT2D eigenvalue weighted by molar-refractivity contribution is 1.01. The number of hydrogen-bond acceptors (Lipinski definition) is 4. The van der Waals surface area contributed by atoms with Crippen molar-refractivity contribution in [1.82, 2.24) is 0 Å². The smallest absolute Gasteiger partial charge is 0.0326 e. The maximum atomic E-state index is 6.08. The minimum atomic E-state index is 0.371.